The molecule has 1 aromatic carbocycles. The first-order valence-corrected chi connectivity index (χ1v) is 7.26. The Morgan fingerprint density at radius 1 is 1.39 bits per heavy atom. The monoisotopic (exact) mass is 376 g/mol. The van der Waals surface area contributed by atoms with Gasteiger partial charge in [-0.15, -0.1) is 0 Å². The Morgan fingerprint density at radius 2 is 2.00 bits per heavy atom. The number of amides is 1. The topological polar surface area (TPSA) is 46.3 Å². The van der Waals surface area contributed by atoms with Crippen LogP contribution < -0.4 is 5.73 Å². The number of rotatable bonds is 4. The molecule has 0 heterocycles. The lowest BCUT2D eigenvalue weighted by Crippen LogP contribution is -2.39. The van der Waals surface area contributed by atoms with Crippen LogP contribution in [0.2, 0.25) is 0 Å². The van der Waals surface area contributed by atoms with E-state index in [9.17, 15) is 4.79 Å². The molecule has 0 aliphatic heterocycles. The molecular formula is C13H18Br2N2O. The van der Waals surface area contributed by atoms with Gasteiger partial charge in [0.25, 0.3) is 5.91 Å². The van der Waals surface area contributed by atoms with E-state index in [1.54, 1.807) is 11.9 Å². The minimum absolute atomic E-state index is 0.00380. The van der Waals surface area contributed by atoms with Gasteiger partial charge in [-0.1, -0.05) is 29.8 Å². The van der Waals surface area contributed by atoms with E-state index < -0.39 is 0 Å². The van der Waals surface area contributed by atoms with Crippen LogP contribution in [0.4, 0.5) is 0 Å². The molecule has 0 bridgehead atoms. The fourth-order valence-electron chi connectivity index (χ4n) is 1.65. The van der Waals surface area contributed by atoms with E-state index in [1.165, 1.54) is 0 Å². The van der Waals surface area contributed by atoms with Crippen LogP contribution in [0.3, 0.4) is 0 Å². The number of carbonyl (C=O) groups excluding carboxylic acids is 1. The number of carbonyl (C=O) groups is 1. The Kier molecular flexibility index (Phi) is 5.37. The molecule has 0 atom stereocenters. The van der Waals surface area contributed by atoms with Gasteiger partial charge in [0.2, 0.25) is 0 Å². The van der Waals surface area contributed by atoms with Crippen molar-refractivity contribution in [3.05, 3.63) is 32.7 Å². The largest absolute Gasteiger partial charge is 0.341 e. The van der Waals surface area contributed by atoms with Crippen LogP contribution in [0.25, 0.3) is 0 Å². The van der Waals surface area contributed by atoms with Gasteiger partial charge >= 0.3 is 0 Å². The van der Waals surface area contributed by atoms with E-state index in [4.69, 9.17) is 5.73 Å². The quantitative estimate of drug-likeness (QED) is 0.875. The number of nitrogens with two attached hydrogens (primary N) is 1. The van der Waals surface area contributed by atoms with Crippen LogP contribution in [-0.2, 0) is 0 Å². The highest BCUT2D eigenvalue weighted by Gasteiger charge is 2.22. The summed E-state index contributed by atoms with van der Waals surface area (Å²) in [5, 5.41) is 0. The zero-order chi connectivity index (χ0) is 13.9. The summed E-state index contributed by atoms with van der Waals surface area (Å²) in [7, 11) is 1.80. The van der Waals surface area contributed by atoms with Crippen molar-refractivity contribution < 1.29 is 4.79 Å². The van der Waals surface area contributed by atoms with Crippen molar-refractivity contribution in [2.45, 2.75) is 13.8 Å². The molecule has 3 nitrogen and oxygen atoms in total. The lowest BCUT2D eigenvalue weighted by atomic mass is 9.93. The Morgan fingerprint density at radius 3 is 2.50 bits per heavy atom. The molecule has 1 aromatic rings. The maximum absolute atomic E-state index is 12.3. The van der Waals surface area contributed by atoms with Crippen LogP contribution >= 0.6 is 31.9 Å². The Labute approximate surface area is 125 Å². The van der Waals surface area contributed by atoms with Gasteiger partial charge < -0.3 is 10.6 Å². The summed E-state index contributed by atoms with van der Waals surface area (Å²) in [5.74, 6) is -0.00380. The van der Waals surface area contributed by atoms with Gasteiger partial charge in [-0.05, 0) is 46.1 Å². The van der Waals surface area contributed by atoms with Gasteiger partial charge in [-0.25, -0.2) is 0 Å². The number of halogens is 2. The molecule has 0 aliphatic carbocycles. The fraction of sp³-hybridized carbons (Fsp3) is 0.462. The Balaban J connectivity index is 2.87. The highest BCUT2D eigenvalue weighted by atomic mass is 79.9. The zero-order valence-electron chi connectivity index (χ0n) is 10.8. The molecule has 0 spiro atoms. The SMILES string of the molecule is CN(CC(C)(C)CN)C(=O)c1ccc(Br)cc1Br. The predicted molar refractivity (Wildman–Crippen MR) is 81.6 cm³/mol. The maximum atomic E-state index is 12.3. The normalized spacial score (nSPS) is 11.4. The van der Waals surface area contributed by atoms with Crippen LogP contribution in [0.5, 0.6) is 0 Å². The van der Waals surface area contributed by atoms with E-state index in [2.05, 4.69) is 31.9 Å². The third-order valence-corrected chi connectivity index (χ3v) is 3.88. The van der Waals surface area contributed by atoms with Gasteiger partial charge in [0.05, 0.1) is 5.56 Å². The van der Waals surface area contributed by atoms with Gasteiger partial charge in [0.1, 0.15) is 0 Å². The van der Waals surface area contributed by atoms with Crippen molar-refractivity contribution in [1.29, 1.82) is 0 Å². The van der Waals surface area contributed by atoms with Crippen molar-refractivity contribution in [3.8, 4) is 0 Å². The molecule has 100 valence electrons. The highest BCUT2D eigenvalue weighted by molar-refractivity contribution is 9.11. The number of hydrogen-bond donors (Lipinski definition) is 1. The molecule has 0 fully saturated rings. The number of benzene rings is 1. The van der Waals surface area contributed by atoms with Crippen molar-refractivity contribution in [1.82, 2.24) is 4.90 Å². The number of nitrogens with zero attached hydrogens (tertiary/aromatic N) is 1. The molecule has 0 saturated heterocycles. The minimum Gasteiger partial charge on any atom is -0.341 e. The van der Waals surface area contributed by atoms with Crippen LogP contribution in [0, 0.1) is 5.41 Å². The molecule has 2 N–H and O–H groups in total. The van der Waals surface area contributed by atoms with Crippen molar-refractivity contribution in [3.63, 3.8) is 0 Å². The summed E-state index contributed by atoms with van der Waals surface area (Å²) >= 11 is 6.78. The second-order valence-electron chi connectivity index (χ2n) is 5.15. The third kappa shape index (κ3) is 4.07. The van der Waals surface area contributed by atoms with Gasteiger partial charge in [-0.2, -0.15) is 0 Å². The van der Waals surface area contributed by atoms with E-state index in [-0.39, 0.29) is 11.3 Å². The average molecular weight is 378 g/mol. The molecular weight excluding hydrogens is 360 g/mol. The predicted octanol–water partition coefficient (Wildman–Crippen LogP) is 3.27. The lowest BCUT2D eigenvalue weighted by Gasteiger charge is -2.29. The highest BCUT2D eigenvalue weighted by Crippen LogP contribution is 2.24. The third-order valence-electron chi connectivity index (χ3n) is 2.73. The second-order valence-corrected chi connectivity index (χ2v) is 6.92. The lowest BCUT2D eigenvalue weighted by molar-refractivity contribution is 0.0739. The standard InChI is InChI=1S/C13H18Br2N2O/c1-13(2,7-16)8-17(3)12(18)10-5-4-9(14)6-11(10)15/h4-6H,7-8,16H2,1-3H3. The van der Waals surface area contributed by atoms with E-state index in [0.717, 1.165) is 8.95 Å². The van der Waals surface area contributed by atoms with Crippen molar-refractivity contribution in [2.24, 2.45) is 11.1 Å². The summed E-state index contributed by atoms with van der Waals surface area (Å²) < 4.78 is 1.73. The fourth-order valence-corrected chi connectivity index (χ4v) is 2.86. The van der Waals surface area contributed by atoms with Gasteiger partial charge in [0, 0.05) is 22.5 Å². The zero-order valence-corrected chi connectivity index (χ0v) is 14.0. The van der Waals surface area contributed by atoms with Crippen LogP contribution in [-0.4, -0.2) is 30.9 Å². The van der Waals surface area contributed by atoms with Crippen molar-refractivity contribution >= 4 is 37.8 Å². The maximum Gasteiger partial charge on any atom is 0.254 e. The van der Waals surface area contributed by atoms with Crippen molar-refractivity contribution in [2.75, 3.05) is 20.1 Å². The van der Waals surface area contributed by atoms with Crippen LogP contribution in [0.1, 0.15) is 24.2 Å². The second kappa shape index (κ2) is 6.17. The minimum atomic E-state index is -0.0771. The smallest absolute Gasteiger partial charge is 0.254 e. The molecule has 1 rings (SSSR count). The van der Waals surface area contributed by atoms with Crippen LogP contribution in [0.15, 0.2) is 27.1 Å². The van der Waals surface area contributed by atoms with E-state index >= 15 is 0 Å². The van der Waals surface area contributed by atoms with E-state index in [0.29, 0.717) is 18.7 Å². The molecule has 0 unspecified atom stereocenters. The molecule has 0 aliphatic rings. The average Bonchev–Trinajstić information content (AvgIpc) is 2.27. The molecule has 0 aromatic heterocycles. The van der Waals surface area contributed by atoms with Gasteiger partial charge in [-0.3, -0.25) is 4.79 Å². The molecule has 18 heavy (non-hydrogen) atoms. The molecule has 0 saturated carbocycles. The number of hydrogen-bond acceptors (Lipinski definition) is 2. The first-order valence-electron chi connectivity index (χ1n) is 5.67. The summed E-state index contributed by atoms with van der Waals surface area (Å²) in [5.41, 5.74) is 6.27. The Hall–Kier alpha value is -0.390. The van der Waals surface area contributed by atoms with Gasteiger partial charge in [0.15, 0.2) is 0 Å². The summed E-state index contributed by atoms with van der Waals surface area (Å²) in [6, 6.07) is 5.54. The summed E-state index contributed by atoms with van der Waals surface area (Å²) in [6.45, 7) is 5.28. The molecule has 1 amide bonds. The van der Waals surface area contributed by atoms with E-state index in [1.807, 2.05) is 32.0 Å². The first-order chi connectivity index (χ1) is 8.26. The summed E-state index contributed by atoms with van der Waals surface area (Å²) in [6.07, 6.45) is 0. The molecule has 0 radical (unpaired) electrons. The molecule has 5 heteroatoms. The first kappa shape index (κ1) is 15.7. The Bertz CT molecular complexity index is 447. The summed E-state index contributed by atoms with van der Waals surface area (Å²) in [4.78, 5) is 14.0.